The molecule has 1 aromatic carbocycles. The van der Waals surface area contributed by atoms with Crippen LogP contribution in [0.15, 0.2) is 42.6 Å². The van der Waals surface area contributed by atoms with Gasteiger partial charge in [0, 0.05) is 6.92 Å². The highest BCUT2D eigenvalue weighted by Gasteiger charge is 2.17. The van der Waals surface area contributed by atoms with Crippen LogP contribution in [0, 0.1) is 0 Å². The number of Topliss-reactive ketones (excluding diaryl/α,β-unsaturated/α-hetero) is 1. The number of carbonyl (C=O) groups excluding carboxylic acids is 1. The molecule has 0 saturated heterocycles. The molecular formula is C17H15N3O4. The summed E-state index contributed by atoms with van der Waals surface area (Å²) >= 11 is 0. The van der Waals surface area contributed by atoms with Crippen LogP contribution < -0.4 is 4.74 Å². The molecular weight excluding hydrogens is 310 g/mol. The van der Waals surface area contributed by atoms with Crippen molar-refractivity contribution in [2.45, 2.75) is 20.1 Å². The lowest BCUT2D eigenvalue weighted by Crippen LogP contribution is -2.11. The predicted molar refractivity (Wildman–Crippen MR) is 85.9 cm³/mol. The van der Waals surface area contributed by atoms with Crippen molar-refractivity contribution in [2.75, 3.05) is 0 Å². The third kappa shape index (κ3) is 3.24. The first-order valence-corrected chi connectivity index (χ1v) is 7.30. The molecule has 7 nitrogen and oxygen atoms in total. The number of pyridine rings is 1. The molecule has 7 heteroatoms. The smallest absolute Gasteiger partial charge is 0.325 e. The average Bonchev–Trinajstić information content (AvgIpc) is 2.91. The van der Waals surface area contributed by atoms with Gasteiger partial charge in [-0.1, -0.05) is 30.3 Å². The number of hydrogen-bond acceptors (Lipinski definition) is 5. The van der Waals surface area contributed by atoms with Gasteiger partial charge in [-0.15, -0.1) is 0 Å². The summed E-state index contributed by atoms with van der Waals surface area (Å²) in [5.41, 5.74) is 1.53. The van der Waals surface area contributed by atoms with Crippen molar-refractivity contribution in [1.82, 2.24) is 14.8 Å². The van der Waals surface area contributed by atoms with E-state index in [1.807, 2.05) is 30.3 Å². The normalized spacial score (nSPS) is 10.7. The standard InChI is InChI=1S/C17H15N3O4/c1-11(21)16-14-7-13(24-10-12-5-3-2-4-6-12)8-18-17(14)20(19-16)9-15(22)23/h2-8H,9-10H2,1H3,(H,22,23). The third-order valence-corrected chi connectivity index (χ3v) is 3.43. The number of fused-ring (bicyclic) bond motifs is 1. The second kappa shape index (κ2) is 6.49. The van der Waals surface area contributed by atoms with Crippen LogP contribution in [0.2, 0.25) is 0 Å². The Kier molecular flexibility index (Phi) is 4.24. The zero-order valence-corrected chi connectivity index (χ0v) is 13.0. The van der Waals surface area contributed by atoms with Crippen molar-refractivity contribution in [1.29, 1.82) is 0 Å². The SMILES string of the molecule is CC(=O)c1nn(CC(=O)O)c2ncc(OCc3ccccc3)cc12. The Morgan fingerprint density at radius 2 is 2.00 bits per heavy atom. The van der Waals surface area contributed by atoms with Crippen molar-refractivity contribution in [3.05, 3.63) is 53.9 Å². The minimum atomic E-state index is -1.05. The molecule has 0 spiro atoms. The fraction of sp³-hybridized carbons (Fsp3) is 0.176. The molecule has 3 rings (SSSR count). The average molecular weight is 325 g/mol. The summed E-state index contributed by atoms with van der Waals surface area (Å²) in [5.74, 6) is -0.824. The van der Waals surface area contributed by atoms with Gasteiger partial charge in [0.1, 0.15) is 24.6 Å². The number of ether oxygens (including phenoxy) is 1. The van der Waals surface area contributed by atoms with E-state index in [0.717, 1.165) is 5.56 Å². The van der Waals surface area contributed by atoms with Gasteiger partial charge in [0.05, 0.1) is 11.6 Å². The number of carboxylic acids is 1. The highest BCUT2D eigenvalue weighted by molar-refractivity contribution is 6.04. The minimum absolute atomic E-state index is 0.184. The van der Waals surface area contributed by atoms with Crippen LogP contribution in [0.25, 0.3) is 11.0 Å². The Hall–Kier alpha value is -3.22. The van der Waals surface area contributed by atoms with E-state index in [-0.39, 0.29) is 18.0 Å². The largest absolute Gasteiger partial charge is 0.487 e. The van der Waals surface area contributed by atoms with Crippen LogP contribution in [0.5, 0.6) is 5.75 Å². The summed E-state index contributed by atoms with van der Waals surface area (Å²) < 4.78 is 6.90. The number of hydrogen-bond donors (Lipinski definition) is 1. The van der Waals surface area contributed by atoms with Crippen molar-refractivity contribution >= 4 is 22.8 Å². The molecule has 0 fully saturated rings. The van der Waals surface area contributed by atoms with Gasteiger partial charge in [-0.05, 0) is 11.6 Å². The number of benzene rings is 1. The van der Waals surface area contributed by atoms with Crippen LogP contribution in [0.1, 0.15) is 23.0 Å². The Bertz CT molecular complexity index is 903. The highest BCUT2D eigenvalue weighted by atomic mass is 16.5. The zero-order valence-electron chi connectivity index (χ0n) is 13.0. The molecule has 0 aliphatic carbocycles. The lowest BCUT2D eigenvalue weighted by molar-refractivity contribution is -0.137. The number of ketones is 1. The Morgan fingerprint density at radius 1 is 1.25 bits per heavy atom. The molecule has 0 atom stereocenters. The minimum Gasteiger partial charge on any atom is -0.487 e. The molecule has 0 aliphatic heterocycles. The number of carbonyl (C=O) groups is 2. The summed E-state index contributed by atoms with van der Waals surface area (Å²) in [7, 11) is 0. The second-order valence-corrected chi connectivity index (χ2v) is 5.27. The molecule has 0 bridgehead atoms. The molecule has 0 unspecified atom stereocenters. The van der Waals surface area contributed by atoms with Crippen molar-refractivity contribution in [3.8, 4) is 5.75 Å². The maximum Gasteiger partial charge on any atom is 0.325 e. The molecule has 0 amide bonds. The molecule has 2 heterocycles. The molecule has 122 valence electrons. The van der Waals surface area contributed by atoms with E-state index >= 15 is 0 Å². The molecule has 24 heavy (non-hydrogen) atoms. The number of carboxylic acid groups (broad SMARTS) is 1. The van der Waals surface area contributed by atoms with E-state index in [1.165, 1.54) is 17.8 Å². The molecule has 0 radical (unpaired) electrons. The van der Waals surface area contributed by atoms with Crippen molar-refractivity contribution in [3.63, 3.8) is 0 Å². The van der Waals surface area contributed by atoms with Gasteiger partial charge in [-0.25, -0.2) is 9.67 Å². The van der Waals surface area contributed by atoms with Gasteiger partial charge in [-0.3, -0.25) is 9.59 Å². The quantitative estimate of drug-likeness (QED) is 0.699. The maximum absolute atomic E-state index is 11.8. The van der Waals surface area contributed by atoms with E-state index in [9.17, 15) is 9.59 Å². The molecule has 0 saturated carbocycles. The first-order valence-electron chi connectivity index (χ1n) is 7.30. The summed E-state index contributed by atoms with van der Waals surface area (Å²) in [6.45, 7) is 1.39. The second-order valence-electron chi connectivity index (χ2n) is 5.27. The van der Waals surface area contributed by atoms with Gasteiger partial charge in [0.15, 0.2) is 11.4 Å². The molecule has 3 aromatic rings. The maximum atomic E-state index is 11.8. The van der Waals surface area contributed by atoms with Crippen LogP contribution in [0.3, 0.4) is 0 Å². The first kappa shape index (κ1) is 15.7. The Morgan fingerprint density at radius 3 is 2.67 bits per heavy atom. The molecule has 2 aromatic heterocycles. The lowest BCUT2D eigenvalue weighted by atomic mass is 10.2. The topological polar surface area (TPSA) is 94.3 Å². The number of aromatic nitrogens is 3. The van der Waals surface area contributed by atoms with Gasteiger partial charge in [0.2, 0.25) is 0 Å². The number of nitrogens with zero attached hydrogens (tertiary/aromatic N) is 3. The Labute approximate surface area is 137 Å². The fourth-order valence-electron chi connectivity index (χ4n) is 2.36. The van der Waals surface area contributed by atoms with Gasteiger partial charge >= 0.3 is 5.97 Å². The lowest BCUT2D eigenvalue weighted by Gasteiger charge is -2.06. The highest BCUT2D eigenvalue weighted by Crippen LogP contribution is 2.23. The predicted octanol–water partition coefficient (Wildman–Crippen LogP) is 2.30. The molecule has 1 N–H and O–H groups in total. The van der Waals surface area contributed by atoms with Crippen LogP contribution >= 0.6 is 0 Å². The Balaban J connectivity index is 1.93. The zero-order chi connectivity index (χ0) is 17.1. The van der Waals surface area contributed by atoms with E-state index in [4.69, 9.17) is 9.84 Å². The van der Waals surface area contributed by atoms with Crippen LogP contribution in [-0.4, -0.2) is 31.6 Å². The van der Waals surface area contributed by atoms with Gasteiger partial charge in [-0.2, -0.15) is 5.10 Å². The summed E-state index contributed by atoms with van der Waals surface area (Å²) in [6, 6.07) is 11.3. The van der Waals surface area contributed by atoms with Crippen LogP contribution in [-0.2, 0) is 17.9 Å². The summed E-state index contributed by atoms with van der Waals surface area (Å²) in [6.07, 6.45) is 1.50. The monoisotopic (exact) mass is 325 g/mol. The van der Waals surface area contributed by atoms with Gasteiger partial charge in [0.25, 0.3) is 0 Å². The molecule has 0 aliphatic rings. The van der Waals surface area contributed by atoms with Gasteiger partial charge < -0.3 is 9.84 Å². The number of rotatable bonds is 6. The van der Waals surface area contributed by atoms with E-state index in [0.29, 0.717) is 23.4 Å². The van der Waals surface area contributed by atoms with Crippen molar-refractivity contribution in [2.24, 2.45) is 0 Å². The van der Waals surface area contributed by atoms with Crippen molar-refractivity contribution < 1.29 is 19.4 Å². The first-order chi connectivity index (χ1) is 11.5. The third-order valence-electron chi connectivity index (χ3n) is 3.43. The van der Waals surface area contributed by atoms with E-state index in [1.54, 1.807) is 6.07 Å². The van der Waals surface area contributed by atoms with Crippen LogP contribution in [0.4, 0.5) is 0 Å². The van der Waals surface area contributed by atoms with E-state index in [2.05, 4.69) is 10.1 Å². The van der Waals surface area contributed by atoms with E-state index < -0.39 is 5.97 Å². The number of aliphatic carboxylic acids is 1. The fourth-order valence-corrected chi connectivity index (χ4v) is 2.36. The summed E-state index contributed by atoms with van der Waals surface area (Å²) in [5, 5.41) is 13.5. The summed E-state index contributed by atoms with van der Waals surface area (Å²) in [4.78, 5) is 26.9.